The van der Waals surface area contributed by atoms with E-state index in [-0.39, 0.29) is 17.5 Å². The van der Waals surface area contributed by atoms with Crippen molar-refractivity contribution >= 4 is 101 Å². The molecule has 13 aromatic carbocycles. The van der Waals surface area contributed by atoms with E-state index in [4.69, 9.17) is 0 Å². The third-order valence-electron chi connectivity index (χ3n) is 20.3. The second-order valence-corrected chi connectivity index (χ2v) is 28.3. The molecule has 0 fully saturated rings. The molecule has 15 aromatic rings. The van der Waals surface area contributed by atoms with Crippen molar-refractivity contribution in [2.24, 2.45) is 0 Å². The maximum atomic E-state index is 2.74. The van der Waals surface area contributed by atoms with Crippen LogP contribution in [0, 0.1) is 0 Å². The average molecular weight is 1220 g/mol. The zero-order valence-electron chi connectivity index (χ0n) is 55.2. The summed E-state index contributed by atoms with van der Waals surface area (Å²) >= 11 is 0. The van der Waals surface area contributed by atoms with Crippen molar-refractivity contribution in [2.45, 2.75) is 78.6 Å². The lowest BCUT2D eigenvalue weighted by Crippen LogP contribution is -2.61. The van der Waals surface area contributed by atoms with Crippen LogP contribution in [0.2, 0.25) is 0 Å². The Bertz CT molecular complexity index is 4930. The van der Waals surface area contributed by atoms with Crippen molar-refractivity contribution < 1.29 is 0 Å². The van der Waals surface area contributed by atoms with Crippen molar-refractivity contribution in [3.05, 3.63) is 308 Å². The van der Waals surface area contributed by atoms with Crippen LogP contribution >= 0.6 is 0 Å². The highest BCUT2D eigenvalue weighted by Crippen LogP contribution is 2.55. The normalized spacial score (nSPS) is 12.9. The number of anilines is 6. The van der Waals surface area contributed by atoms with E-state index in [0.717, 1.165) is 53.4 Å². The Morgan fingerprint density at radius 2 is 0.621 bits per heavy atom. The van der Waals surface area contributed by atoms with Crippen LogP contribution in [-0.2, 0) is 17.3 Å². The molecule has 4 nitrogen and oxygen atoms in total. The molecule has 2 aromatic heterocycles. The van der Waals surface area contributed by atoms with Crippen LogP contribution in [0.15, 0.2) is 291 Å². The molecule has 0 amide bonds. The zero-order valence-corrected chi connectivity index (χ0v) is 55.2. The van der Waals surface area contributed by atoms with Crippen molar-refractivity contribution in [3.8, 4) is 55.9 Å². The monoisotopic (exact) mass is 1220 g/mol. The predicted octanol–water partition coefficient (Wildman–Crippen LogP) is 22.6. The number of unbranched alkanes of at least 4 members (excludes halogenated alkanes) is 1. The Morgan fingerprint density at radius 3 is 0.926 bits per heavy atom. The average Bonchev–Trinajstić information content (AvgIpc) is 1.20. The Morgan fingerprint density at radius 1 is 0.316 bits per heavy atom. The van der Waals surface area contributed by atoms with Gasteiger partial charge in [-0.1, -0.05) is 261 Å². The molecule has 0 aliphatic carbocycles. The summed E-state index contributed by atoms with van der Waals surface area (Å²) in [5.74, 6) is 0. The molecule has 0 unspecified atom stereocenters. The lowest BCUT2D eigenvalue weighted by Gasteiger charge is -2.46. The van der Waals surface area contributed by atoms with Crippen molar-refractivity contribution in [1.82, 2.24) is 9.13 Å². The number of benzene rings is 13. The predicted molar refractivity (Wildman–Crippen MR) is 407 cm³/mol. The lowest BCUT2D eigenvalue weighted by molar-refractivity contribution is 0.590. The molecule has 2 aliphatic heterocycles. The summed E-state index contributed by atoms with van der Waals surface area (Å²) in [6, 6.07) is 111. The minimum atomic E-state index is -0.194. The lowest BCUT2D eigenvalue weighted by atomic mass is 9.33. The number of nitrogens with zero attached hydrogens (tertiary/aromatic N) is 4. The van der Waals surface area contributed by atoms with Gasteiger partial charge in [0.2, 0.25) is 0 Å². The van der Waals surface area contributed by atoms with E-state index >= 15 is 0 Å². The Labute approximate surface area is 558 Å². The quantitative estimate of drug-likeness (QED) is 0.120. The van der Waals surface area contributed by atoms with E-state index in [1.165, 1.54) is 133 Å². The van der Waals surface area contributed by atoms with E-state index in [9.17, 15) is 0 Å². The Hall–Kier alpha value is -10.9. The van der Waals surface area contributed by atoms with Gasteiger partial charge >= 0.3 is 0 Å². The molecule has 0 radical (unpaired) electrons. The first kappa shape index (κ1) is 58.0. The summed E-state index contributed by atoms with van der Waals surface area (Å²) in [5, 5.41) is 4.96. The largest absolute Gasteiger partial charge is 0.310 e. The van der Waals surface area contributed by atoms with Gasteiger partial charge in [0.25, 0.3) is 6.71 Å². The molecule has 0 spiro atoms. The van der Waals surface area contributed by atoms with Crippen molar-refractivity contribution in [1.29, 1.82) is 0 Å². The molecule has 0 saturated heterocycles. The van der Waals surface area contributed by atoms with Crippen LogP contribution in [0.5, 0.6) is 0 Å². The molecule has 0 saturated carbocycles. The van der Waals surface area contributed by atoms with E-state index in [0.29, 0.717) is 0 Å². The van der Waals surface area contributed by atoms with Crippen molar-refractivity contribution in [2.75, 3.05) is 9.80 Å². The molecular weight excluding hydrogens is 1150 g/mol. The summed E-state index contributed by atoms with van der Waals surface area (Å²) in [7, 11) is 0. The van der Waals surface area contributed by atoms with Crippen LogP contribution in [-0.4, -0.2) is 15.8 Å². The van der Waals surface area contributed by atoms with Gasteiger partial charge in [0, 0.05) is 77.9 Å². The molecule has 0 atom stereocenters. The third kappa shape index (κ3) is 9.57. The van der Waals surface area contributed by atoms with Gasteiger partial charge in [0.05, 0.1) is 33.4 Å². The van der Waals surface area contributed by atoms with Crippen molar-refractivity contribution in [3.63, 3.8) is 0 Å². The van der Waals surface area contributed by atoms with Gasteiger partial charge in [-0.3, -0.25) is 0 Å². The maximum absolute atomic E-state index is 2.74. The van der Waals surface area contributed by atoms with Crippen LogP contribution in [0.3, 0.4) is 0 Å². The number of fused-ring (bicyclic) bond motifs is 10. The molecule has 0 N–H and O–H groups in total. The van der Waals surface area contributed by atoms with Gasteiger partial charge in [-0.15, -0.1) is 0 Å². The summed E-state index contributed by atoms with van der Waals surface area (Å²) in [6.45, 7) is 16.3. The molecule has 458 valence electrons. The van der Waals surface area contributed by atoms with Crippen LogP contribution in [0.25, 0.3) is 99.5 Å². The van der Waals surface area contributed by atoms with Crippen LogP contribution in [0.4, 0.5) is 34.1 Å². The van der Waals surface area contributed by atoms with Gasteiger partial charge in [-0.25, -0.2) is 0 Å². The second kappa shape index (κ2) is 22.7. The van der Waals surface area contributed by atoms with Crippen LogP contribution < -0.4 is 26.2 Å². The minimum Gasteiger partial charge on any atom is -0.310 e. The number of rotatable bonds is 11. The Balaban J connectivity index is 1.06. The first-order chi connectivity index (χ1) is 46.4. The molecule has 5 heteroatoms. The second-order valence-electron chi connectivity index (χ2n) is 28.3. The summed E-state index contributed by atoms with van der Waals surface area (Å²) in [5.41, 5.74) is 30.8. The number of aryl methyl sites for hydroxylation is 1. The van der Waals surface area contributed by atoms with E-state index in [2.05, 4.69) is 359 Å². The molecule has 2 aliphatic rings. The Kier molecular flexibility index (Phi) is 13.9. The van der Waals surface area contributed by atoms with Gasteiger partial charge in [-0.05, 0) is 164 Å². The maximum Gasteiger partial charge on any atom is 0.252 e. The van der Waals surface area contributed by atoms with E-state index in [1.807, 2.05) is 0 Å². The highest BCUT2D eigenvalue weighted by atomic mass is 15.2. The van der Waals surface area contributed by atoms with Gasteiger partial charge in [0.1, 0.15) is 0 Å². The smallest absolute Gasteiger partial charge is 0.252 e. The standard InChI is InChI=1S/C90H75BN4/c1-8-9-30-59-51-84-86-85(52-59)95(88-74(62-35-18-12-19-36-62)55-65(90(5,6)7)56-75(88)63-37-20-13-21-38-63)83-58-67(93-80-45-28-24-41-70(80)71-42-25-29-46-81(71)93)48-50-77(83)91(86)76-49-47-66(92-78-43-26-22-39-68(78)69-40-23-27-44-79(69)92)57-82(76)94(84)87-72(60-31-14-10-15-32-60)53-64(89(2,3)4)54-73(87)61-33-16-11-17-34-61/h10-29,31-58H,8-9,30H2,1-7H3. The minimum absolute atomic E-state index is 0.169. The molecule has 0 bridgehead atoms. The fraction of sp³-hybridized carbons (Fsp3) is 0.133. The number of hydrogen-bond donors (Lipinski definition) is 0. The van der Waals surface area contributed by atoms with Crippen LogP contribution in [0.1, 0.15) is 78.0 Å². The first-order valence-corrected chi connectivity index (χ1v) is 34.0. The summed E-state index contributed by atoms with van der Waals surface area (Å²) < 4.78 is 5.01. The zero-order chi connectivity index (χ0) is 64.3. The molecular formula is C90H75BN4. The topological polar surface area (TPSA) is 16.3 Å². The SMILES string of the molecule is CCCCc1cc2c3c(c1)N(c1c(-c4ccccc4)cc(C(C)(C)C)cc1-c1ccccc1)c1cc(-n4c5ccccc5c5ccccc54)ccc1B3c1ccc(-n3c4ccccc4c4ccccc43)cc1N2c1c(-c2ccccc2)cc(C(C)(C)C)cc1-c1ccccc1. The fourth-order valence-corrected chi connectivity index (χ4v) is 15.7. The van der Waals surface area contributed by atoms with E-state index < -0.39 is 0 Å². The number of hydrogen-bond acceptors (Lipinski definition) is 2. The summed E-state index contributed by atoms with van der Waals surface area (Å²) in [6.07, 6.45) is 3.01. The molecule has 17 rings (SSSR count). The van der Waals surface area contributed by atoms with Gasteiger partial charge in [-0.2, -0.15) is 0 Å². The number of aromatic nitrogens is 2. The molecule has 95 heavy (non-hydrogen) atoms. The fourth-order valence-electron chi connectivity index (χ4n) is 15.7. The first-order valence-electron chi connectivity index (χ1n) is 34.0. The highest BCUT2D eigenvalue weighted by Gasteiger charge is 2.46. The van der Waals surface area contributed by atoms with E-state index in [1.54, 1.807) is 0 Å². The summed E-state index contributed by atoms with van der Waals surface area (Å²) in [4.78, 5) is 5.48. The highest BCUT2D eigenvalue weighted by molar-refractivity contribution is 7.00. The van der Waals surface area contributed by atoms with Gasteiger partial charge in [0.15, 0.2) is 0 Å². The third-order valence-corrected chi connectivity index (χ3v) is 20.3. The number of para-hydroxylation sites is 4. The molecule has 4 heterocycles. The van der Waals surface area contributed by atoms with Gasteiger partial charge < -0.3 is 18.9 Å².